The molecular formula is C16H14N4O4. The van der Waals surface area contributed by atoms with Crippen molar-refractivity contribution in [1.82, 2.24) is 10.7 Å². The van der Waals surface area contributed by atoms with E-state index in [0.717, 1.165) is 0 Å². The molecule has 8 nitrogen and oxygen atoms in total. The van der Waals surface area contributed by atoms with Crippen LogP contribution in [-0.2, 0) is 4.79 Å². The van der Waals surface area contributed by atoms with E-state index in [0.29, 0.717) is 11.1 Å². The summed E-state index contributed by atoms with van der Waals surface area (Å²) in [5.74, 6) is 3.88. The zero-order valence-electron chi connectivity index (χ0n) is 12.4. The number of amides is 2. The maximum Gasteiger partial charge on any atom is 0.281 e. The molecular weight excluding hydrogens is 312 g/mol. The van der Waals surface area contributed by atoms with Gasteiger partial charge in [-0.15, -0.1) is 0 Å². The molecule has 8 heteroatoms. The number of nitrogens with two attached hydrogens (primary N) is 1. The van der Waals surface area contributed by atoms with E-state index in [1.165, 1.54) is 24.3 Å². The number of nitro groups is 1. The molecule has 0 heterocycles. The maximum atomic E-state index is 12.2. The number of nitrogens with one attached hydrogen (secondary N) is 2. The van der Waals surface area contributed by atoms with Crippen LogP contribution in [0, 0.1) is 10.1 Å². The smallest absolute Gasteiger partial charge is 0.281 e. The Bertz CT molecular complexity index is 803. The van der Waals surface area contributed by atoms with Crippen molar-refractivity contribution in [3.8, 4) is 0 Å². The molecule has 0 aliphatic carbocycles. The monoisotopic (exact) mass is 326 g/mol. The zero-order chi connectivity index (χ0) is 17.5. The second-order valence-electron chi connectivity index (χ2n) is 4.70. The highest BCUT2D eigenvalue weighted by Crippen LogP contribution is 2.15. The fourth-order valence-electron chi connectivity index (χ4n) is 1.91. The lowest BCUT2D eigenvalue weighted by Gasteiger charge is -2.09. The van der Waals surface area contributed by atoms with Crippen LogP contribution in [0.4, 0.5) is 5.69 Å². The lowest BCUT2D eigenvalue weighted by molar-refractivity contribution is -0.384. The first-order valence-electron chi connectivity index (χ1n) is 6.85. The predicted molar refractivity (Wildman–Crippen MR) is 87.3 cm³/mol. The Morgan fingerprint density at radius 2 is 1.79 bits per heavy atom. The van der Waals surface area contributed by atoms with E-state index in [9.17, 15) is 19.7 Å². The summed E-state index contributed by atoms with van der Waals surface area (Å²) in [6.45, 7) is 0. The highest BCUT2D eigenvalue weighted by molar-refractivity contribution is 6.05. The topological polar surface area (TPSA) is 127 Å². The summed E-state index contributed by atoms with van der Waals surface area (Å²) >= 11 is 0. The molecule has 0 bridgehead atoms. The Balaban J connectivity index is 2.31. The molecule has 0 aromatic heterocycles. The van der Waals surface area contributed by atoms with Crippen LogP contribution < -0.4 is 16.6 Å². The number of benzene rings is 2. The standard InChI is InChI=1S/C16H14N4O4/c17-19-16(22)14(18-15(21)12-6-2-1-3-7-12)10-11-5-4-8-13(9-11)20(23)24/h1-10H,17H2,(H,18,21)(H,19,22)/b14-10+. The van der Waals surface area contributed by atoms with Crippen LogP contribution in [0.1, 0.15) is 15.9 Å². The molecule has 2 rings (SSSR count). The predicted octanol–water partition coefficient (Wildman–Crippen LogP) is 1.36. The average Bonchev–Trinajstić information content (AvgIpc) is 2.61. The summed E-state index contributed by atoms with van der Waals surface area (Å²) in [6, 6.07) is 13.9. The van der Waals surface area contributed by atoms with Gasteiger partial charge in [-0.25, -0.2) is 5.84 Å². The number of rotatable bonds is 5. The van der Waals surface area contributed by atoms with Crippen LogP contribution in [-0.4, -0.2) is 16.7 Å². The van der Waals surface area contributed by atoms with E-state index in [4.69, 9.17) is 5.84 Å². The van der Waals surface area contributed by atoms with Gasteiger partial charge in [0, 0.05) is 17.7 Å². The van der Waals surface area contributed by atoms with Crippen molar-refractivity contribution in [2.45, 2.75) is 0 Å². The molecule has 4 N–H and O–H groups in total. The molecule has 0 atom stereocenters. The third-order valence-electron chi connectivity index (χ3n) is 3.05. The molecule has 0 saturated carbocycles. The minimum atomic E-state index is -0.731. The first kappa shape index (κ1) is 16.8. The summed E-state index contributed by atoms with van der Waals surface area (Å²) < 4.78 is 0. The molecule has 2 aromatic rings. The van der Waals surface area contributed by atoms with Crippen LogP contribution in [0.5, 0.6) is 0 Å². The molecule has 122 valence electrons. The van der Waals surface area contributed by atoms with Crippen molar-refractivity contribution in [2.24, 2.45) is 5.84 Å². The largest absolute Gasteiger partial charge is 0.317 e. The van der Waals surface area contributed by atoms with Crippen molar-refractivity contribution >= 4 is 23.6 Å². The lowest BCUT2D eigenvalue weighted by Crippen LogP contribution is -2.38. The Kier molecular flexibility index (Phi) is 5.37. The van der Waals surface area contributed by atoms with Gasteiger partial charge in [0.05, 0.1) is 4.92 Å². The van der Waals surface area contributed by atoms with E-state index < -0.39 is 16.7 Å². The Hall–Kier alpha value is -3.52. The van der Waals surface area contributed by atoms with Gasteiger partial charge in [-0.3, -0.25) is 25.1 Å². The Morgan fingerprint density at radius 1 is 1.08 bits per heavy atom. The highest BCUT2D eigenvalue weighted by Gasteiger charge is 2.14. The molecule has 0 saturated heterocycles. The number of nitrogens with zero attached hydrogens (tertiary/aromatic N) is 1. The Labute approximate surface area is 137 Å². The summed E-state index contributed by atoms with van der Waals surface area (Å²) in [4.78, 5) is 34.3. The van der Waals surface area contributed by atoms with E-state index in [2.05, 4.69) is 5.32 Å². The molecule has 0 spiro atoms. The van der Waals surface area contributed by atoms with Crippen LogP contribution in [0.2, 0.25) is 0 Å². The van der Waals surface area contributed by atoms with Crippen LogP contribution in [0.15, 0.2) is 60.3 Å². The number of hydrogen-bond acceptors (Lipinski definition) is 5. The number of hydrazine groups is 1. The molecule has 0 fully saturated rings. The second kappa shape index (κ2) is 7.65. The molecule has 0 aliphatic heterocycles. The average molecular weight is 326 g/mol. The first-order valence-corrected chi connectivity index (χ1v) is 6.85. The van der Waals surface area contributed by atoms with Gasteiger partial charge in [-0.05, 0) is 23.8 Å². The maximum absolute atomic E-state index is 12.2. The van der Waals surface area contributed by atoms with Gasteiger partial charge >= 0.3 is 0 Å². The summed E-state index contributed by atoms with van der Waals surface area (Å²) in [7, 11) is 0. The van der Waals surface area contributed by atoms with Gasteiger partial charge in [0.2, 0.25) is 0 Å². The van der Waals surface area contributed by atoms with Crippen LogP contribution in [0.3, 0.4) is 0 Å². The van der Waals surface area contributed by atoms with E-state index in [1.807, 2.05) is 5.43 Å². The summed E-state index contributed by atoms with van der Waals surface area (Å²) in [5.41, 5.74) is 2.38. The van der Waals surface area contributed by atoms with Gasteiger partial charge < -0.3 is 5.32 Å². The van der Waals surface area contributed by atoms with Crippen molar-refractivity contribution in [2.75, 3.05) is 0 Å². The van der Waals surface area contributed by atoms with Crippen LogP contribution in [0.25, 0.3) is 6.08 Å². The molecule has 0 unspecified atom stereocenters. The van der Waals surface area contributed by atoms with Crippen molar-refractivity contribution in [3.63, 3.8) is 0 Å². The van der Waals surface area contributed by atoms with Gasteiger partial charge in [0.1, 0.15) is 5.70 Å². The minimum Gasteiger partial charge on any atom is -0.317 e. The number of carbonyl (C=O) groups excluding carboxylic acids is 2. The van der Waals surface area contributed by atoms with Gasteiger partial charge in [-0.2, -0.15) is 0 Å². The summed E-state index contributed by atoms with van der Waals surface area (Å²) in [5, 5.41) is 13.2. The quantitative estimate of drug-likeness (QED) is 0.251. The highest BCUT2D eigenvalue weighted by atomic mass is 16.6. The number of nitro benzene ring substituents is 1. The van der Waals surface area contributed by atoms with E-state index in [-0.39, 0.29) is 11.4 Å². The second-order valence-corrected chi connectivity index (χ2v) is 4.70. The Morgan fingerprint density at radius 3 is 2.42 bits per heavy atom. The molecule has 0 aliphatic rings. The van der Waals surface area contributed by atoms with Crippen molar-refractivity contribution in [1.29, 1.82) is 0 Å². The van der Waals surface area contributed by atoms with E-state index in [1.54, 1.807) is 36.4 Å². The van der Waals surface area contributed by atoms with Crippen molar-refractivity contribution < 1.29 is 14.5 Å². The molecule has 0 radical (unpaired) electrons. The van der Waals surface area contributed by atoms with Gasteiger partial charge in [0.15, 0.2) is 0 Å². The van der Waals surface area contributed by atoms with Gasteiger partial charge in [-0.1, -0.05) is 30.3 Å². The SMILES string of the molecule is NNC(=O)/C(=C\c1cccc([N+](=O)[O-])c1)NC(=O)c1ccccc1. The fraction of sp³-hybridized carbons (Fsp3) is 0. The van der Waals surface area contributed by atoms with Crippen molar-refractivity contribution in [3.05, 3.63) is 81.5 Å². The van der Waals surface area contributed by atoms with Crippen LogP contribution >= 0.6 is 0 Å². The zero-order valence-corrected chi connectivity index (χ0v) is 12.4. The van der Waals surface area contributed by atoms with E-state index >= 15 is 0 Å². The van der Waals surface area contributed by atoms with Gasteiger partial charge in [0.25, 0.3) is 17.5 Å². The third-order valence-corrected chi connectivity index (χ3v) is 3.05. The molecule has 24 heavy (non-hydrogen) atoms. The number of hydrogen-bond donors (Lipinski definition) is 3. The third kappa shape index (κ3) is 4.24. The fourth-order valence-corrected chi connectivity index (χ4v) is 1.91. The summed E-state index contributed by atoms with van der Waals surface area (Å²) in [6.07, 6.45) is 1.30. The number of carbonyl (C=O) groups is 2. The molecule has 2 aromatic carbocycles. The molecule has 2 amide bonds. The first-order chi connectivity index (χ1) is 11.5. The number of non-ortho nitro benzene ring substituents is 1. The lowest BCUT2D eigenvalue weighted by atomic mass is 10.1. The minimum absolute atomic E-state index is 0.133. The normalized spacial score (nSPS) is 10.8.